The largest absolute Gasteiger partial charge is 0.482 e. The van der Waals surface area contributed by atoms with Crippen LogP contribution in [0.1, 0.15) is 37.9 Å². The minimum atomic E-state index is -0.173. The number of carbonyl (C=O) groups is 1. The summed E-state index contributed by atoms with van der Waals surface area (Å²) in [7, 11) is 4.02. The Bertz CT molecular complexity index is 756. The molecule has 0 spiro atoms. The van der Waals surface area contributed by atoms with Crippen molar-refractivity contribution >= 4 is 29.9 Å². The Hall–Kier alpha value is -1.75. The molecule has 154 valence electrons. The first kappa shape index (κ1) is 24.3. The molecule has 1 unspecified atom stereocenters. The Kier molecular flexibility index (Phi) is 9.28. The molecule has 0 aliphatic rings. The first-order valence-electron chi connectivity index (χ1n) is 9.09. The van der Waals surface area contributed by atoms with Crippen molar-refractivity contribution in [3.05, 3.63) is 64.7 Å². The summed E-state index contributed by atoms with van der Waals surface area (Å²) in [5.41, 5.74) is 2.58. The maximum Gasteiger partial charge on any atom is 0.258 e. The number of rotatable bonds is 7. The third-order valence-electron chi connectivity index (χ3n) is 4.47. The van der Waals surface area contributed by atoms with Crippen molar-refractivity contribution in [3.8, 4) is 5.75 Å². The van der Waals surface area contributed by atoms with Gasteiger partial charge in [0.25, 0.3) is 5.91 Å². The summed E-state index contributed by atoms with van der Waals surface area (Å²) in [5, 5.41) is 3.44. The monoisotopic (exact) mass is 424 g/mol. The number of para-hydroxylation sites is 1. The molecule has 1 N–H and O–H groups in total. The van der Waals surface area contributed by atoms with Gasteiger partial charge in [0, 0.05) is 6.54 Å². The predicted molar refractivity (Wildman–Crippen MR) is 119 cm³/mol. The number of likely N-dealkylation sites (N-methyl/N-ethyl adjacent to an activating group) is 1. The highest BCUT2D eigenvalue weighted by Crippen LogP contribution is 2.25. The summed E-state index contributed by atoms with van der Waals surface area (Å²) < 4.78 is 5.49. The minimum absolute atomic E-state index is 0. The van der Waals surface area contributed by atoms with Crippen LogP contribution < -0.4 is 10.1 Å². The van der Waals surface area contributed by atoms with Crippen LogP contribution in [-0.2, 0) is 10.2 Å². The fourth-order valence-electron chi connectivity index (χ4n) is 2.77. The van der Waals surface area contributed by atoms with E-state index in [1.54, 1.807) is 12.1 Å². The fourth-order valence-corrected chi connectivity index (χ4v) is 2.96. The van der Waals surface area contributed by atoms with E-state index in [0.29, 0.717) is 17.3 Å². The highest BCUT2D eigenvalue weighted by atomic mass is 35.5. The molecule has 2 aromatic carbocycles. The highest BCUT2D eigenvalue weighted by Gasteiger charge is 2.18. The van der Waals surface area contributed by atoms with E-state index in [0.717, 1.165) is 0 Å². The lowest BCUT2D eigenvalue weighted by molar-refractivity contribution is -0.123. The topological polar surface area (TPSA) is 41.6 Å². The minimum Gasteiger partial charge on any atom is -0.482 e. The van der Waals surface area contributed by atoms with Crippen LogP contribution in [0.3, 0.4) is 0 Å². The predicted octanol–water partition coefficient (Wildman–Crippen LogP) is 4.86. The molecule has 0 aliphatic heterocycles. The van der Waals surface area contributed by atoms with E-state index in [2.05, 4.69) is 55.3 Å². The number of nitrogens with one attached hydrogen (secondary N) is 1. The Morgan fingerprint density at radius 2 is 1.71 bits per heavy atom. The van der Waals surface area contributed by atoms with E-state index < -0.39 is 0 Å². The molecule has 0 fully saturated rings. The average Bonchev–Trinajstić information content (AvgIpc) is 2.60. The molecule has 0 heterocycles. The van der Waals surface area contributed by atoms with Crippen LogP contribution in [0, 0.1) is 0 Å². The standard InChI is InChI=1S/C22H29ClN2O2.ClH/c1-22(2,3)17-12-10-16(11-13-17)19(25(4)5)14-24-21(26)15-27-20-9-7-6-8-18(20)23;/h6-13,19H,14-15H2,1-5H3,(H,24,26);1H. The van der Waals surface area contributed by atoms with Gasteiger partial charge in [-0.2, -0.15) is 0 Å². The first-order valence-corrected chi connectivity index (χ1v) is 9.47. The van der Waals surface area contributed by atoms with Crippen molar-refractivity contribution < 1.29 is 9.53 Å². The third-order valence-corrected chi connectivity index (χ3v) is 4.79. The number of amides is 1. The molecule has 6 heteroatoms. The molecule has 1 amide bonds. The van der Waals surface area contributed by atoms with Gasteiger partial charge in [0.1, 0.15) is 5.75 Å². The van der Waals surface area contributed by atoms with Crippen molar-refractivity contribution in [3.63, 3.8) is 0 Å². The van der Waals surface area contributed by atoms with E-state index in [1.807, 2.05) is 26.2 Å². The van der Waals surface area contributed by atoms with Crippen molar-refractivity contribution in [1.82, 2.24) is 10.2 Å². The van der Waals surface area contributed by atoms with Crippen molar-refractivity contribution in [1.29, 1.82) is 0 Å². The van der Waals surface area contributed by atoms with Gasteiger partial charge in [-0.25, -0.2) is 0 Å². The third kappa shape index (κ3) is 7.01. The zero-order valence-corrected chi connectivity index (χ0v) is 18.7. The number of halogens is 2. The lowest BCUT2D eigenvalue weighted by Crippen LogP contribution is -2.36. The maximum absolute atomic E-state index is 12.2. The van der Waals surface area contributed by atoms with E-state index >= 15 is 0 Å². The highest BCUT2D eigenvalue weighted by molar-refractivity contribution is 6.32. The van der Waals surface area contributed by atoms with Gasteiger partial charge >= 0.3 is 0 Å². The van der Waals surface area contributed by atoms with Gasteiger partial charge in [0.05, 0.1) is 11.1 Å². The van der Waals surface area contributed by atoms with Gasteiger partial charge in [0.2, 0.25) is 0 Å². The van der Waals surface area contributed by atoms with Gasteiger partial charge in [-0.05, 0) is 42.8 Å². The van der Waals surface area contributed by atoms with E-state index in [1.165, 1.54) is 11.1 Å². The summed E-state index contributed by atoms with van der Waals surface area (Å²) in [6, 6.07) is 15.8. The van der Waals surface area contributed by atoms with Crippen LogP contribution in [0.15, 0.2) is 48.5 Å². The number of hydrogen-bond acceptors (Lipinski definition) is 3. The van der Waals surface area contributed by atoms with E-state index in [-0.39, 0.29) is 36.4 Å². The second-order valence-electron chi connectivity index (χ2n) is 7.87. The lowest BCUT2D eigenvalue weighted by Gasteiger charge is -2.26. The fraction of sp³-hybridized carbons (Fsp3) is 0.409. The SMILES string of the molecule is CN(C)C(CNC(=O)COc1ccccc1Cl)c1ccc(C(C)(C)C)cc1.Cl. The van der Waals surface area contributed by atoms with Crippen LogP contribution in [0.4, 0.5) is 0 Å². The molecule has 0 saturated carbocycles. The molecule has 0 aliphatic carbocycles. The van der Waals surface area contributed by atoms with Crippen molar-refractivity contribution in [2.45, 2.75) is 32.2 Å². The normalized spacial score (nSPS) is 12.2. The summed E-state index contributed by atoms with van der Waals surface area (Å²) in [4.78, 5) is 14.3. The Labute approximate surface area is 179 Å². The van der Waals surface area contributed by atoms with Crippen LogP contribution in [0.2, 0.25) is 5.02 Å². The number of hydrogen-bond donors (Lipinski definition) is 1. The van der Waals surface area contributed by atoms with Crippen LogP contribution in [-0.4, -0.2) is 38.1 Å². The first-order chi connectivity index (χ1) is 12.7. The molecule has 0 bridgehead atoms. The quantitative estimate of drug-likeness (QED) is 0.689. The molecule has 0 radical (unpaired) electrons. The van der Waals surface area contributed by atoms with Crippen molar-refractivity contribution in [2.24, 2.45) is 0 Å². The number of carbonyl (C=O) groups excluding carboxylic acids is 1. The molecule has 0 aromatic heterocycles. The smallest absolute Gasteiger partial charge is 0.258 e. The number of ether oxygens (including phenoxy) is 1. The summed E-state index contributed by atoms with van der Waals surface area (Å²) in [6.45, 7) is 7.04. The zero-order chi connectivity index (χ0) is 20.0. The van der Waals surface area contributed by atoms with Gasteiger partial charge in [-0.1, -0.05) is 68.8 Å². The van der Waals surface area contributed by atoms with Gasteiger partial charge in [-0.3, -0.25) is 4.79 Å². The van der Waals surface area contributed by atoms with Crippen LogP contribution in [0.5, 0.6) is 5.75 Å². The molecule has 2 rings (SSSR count). The number of benzene rings is 2. The number of nitrogens with zero attached hydrogens (tertiary/aromatic N) is 1. The Morgan fingerprint density at radius 1 is 1.11 bits per heavy atom. The second-order valence-corrected chi connectivity index (χ2v) is 8.28. The molecular formula is C22H30Cl2N2O2. The lowest BCUT2D eigenvalue weighted by atomic mass is 9.86. The van der Waals surface area contributed by atoms with Crippen LogP contribution >= 0.6 is 24.0 Å². The van der Waals surface area contributed by atoms with E-state index in [4.69, 9.17) is 16.3 Å². The van der Waals surface area contributed by atoms with E-state index in [9.17, 15) is 4.79 Å². The second kappa shape index (κ2) is 10.7. The van der Waals surface area contributed by atoms with Crippen molar-refractivity contribution in [2.75, 3.05) is 27.2 Å². The molecule has 2 aromatic rings. The molecule has 28 heavy (non-hydrogen) atoms. The Balaban J connectivity index is 0.00000392. The zero-order valence-electron chi connectivity index (χ0n) is 17.2. The summed E-state index contributed by atoms with van der Waals surface area (Å²) in [6.07, 6.45) is 0. The molecule has 4 nitrogen and oxygen atoms in total. The van der Waals surface area contributed by atoms with Gasteiger partial charge in [-0.15, -0.1) is 12.4 Å². The maximum atomic E-state index is 12.2. The molecular weight excluding hydrogens is 395 g/mol. The molecule has 1 atom stereocenters. The van der Waals surface area contributed by atoms with Gasteiger partial charge < -0.3 is 15.0 Å². The summed E-state index contributed by atoms with van der Waals surface area (Å²) >= 11 is 6.04. The average molecular weight is 425 g/mol. The summed E-state index contributed by atoms with van der Waals surface area (Å²) in [5.74, 6) is 0.337. The van der Waals surface area contributed by atoms with Crippen LogP contribution in [0.25, 0.3) is 0 Å². The Morgan fingerprint density at radius 3 is 2.25 bits per heavy atom. The molecule has 0 saturated heterocycles. The van der Waals surface area contributed by atoms with Gasteiger partial charge in [0.15, 0.2) is 6.61 Å².